The van der Waals surface area contributed by atoms with Gasteiger partial charge in [0.1, 0.15) is 0 Å². The maximum atomic E-state index is 13.1. The van der Waals surface area contributed by atoms with Crippen molar-refractivity contribution in [3.05, 3.63) is 36.3 Å². The van der Waals surface area contributed by atoms with Crippen LogP contribution in [0.1, 0.15) is 26.0 Å². The molecule has 128 valence electrons. The van der Waals surface area contributed by atoms with Crippen molar-refractivity contribution in [2.24, 2.45) is 4.99 Å². The van der Waals surface area contributed by atoms with Gasteiger partial charge in [-0.05, 0) is 32.0 Å². The van der Waals surface area contributed by atoms with Gasteiger partial charge >= 0.3 is 0 Å². The lowest BCUT2D eigenvalue weighted by Crippen LogP contribution is -2.31. The topological polar surface area (TPSA) is 81.5 Å². The van der Waals surface area contributed by atoms with E-state index >= 15 is 0 Å². The monoisotopic (exact) mass is 342 g/mol. The number of nitrogens with two attached hydrogens (primary N) is 1. The molecule has 0 aromatic carbocycles. The molecule has 0 saturated carbocycles. The van der Waals surface area contributed by atoms with Crippen molar-refractivity contribution < 1.29 is 8.78 Å². The highest BCUT2D eigenvalue weighted by molar-refractivity contribution is 5.99. The Morgan fingerprint density at radius 3 is 2.84 bits per heavy atom. The number of aliphatic imine (C=N–C) groups is 1. The number of pyridine rings is 1. The van der Waals surface area contributed by atoms with Gasteiger partial charge in [-0.25, -0.2) is 23.3 Å². The maximum Gasteiger partial charge on any atom is 0.239 e. The number of nitrogens with zero attached hydrogens (tertiary/aromatic N) is 5. The second-order valence-electron chi connectivity index (χ2n) is 6.36. The summed E-state index contributed by atoms with van der Waals surface area (Å²) in [6, 6.07) is 5.50. The molecule has 0 bridgehead atoms. The fourth-order valence-corrected chi connectivity index (χ4v) is 3.26. The Bertz CT molecular complexity index is 1010. The molecule has 2 N–H and O–H groups in total. The fourth-order valence-electron chi connectivity index (χ4n) is 3.26. The average Bonchev–Trinajstić information content (AvgIpc) is 3.06. The second kappa shape index (κ2) is 5.30. The molecule has 1 unspecified atom stereocenters. The zero-order chi connectivity index (χ0) is 17.8. The van der Waals surface area contributed by atoms with E-state index in [2.05, 4.69) is 20.1 Å². The zero-order valence-electron chi connectivity index (χ0n) is 13.7. The van der Waals surface area contributed by atoms with Gasteiger partial charge in [-0.3, -0.25) is 4.99 Å². The summed E-state index contributed by atoms with van der Waals surface area (Å²) >= 11 is 0. The lowest BCUT2D eigenvalue weighted by atomic mass is 9.80. The van der Waals surface area contributed by atoms with E-state index in [1.807, 2.05) is 18.2 Å². The summed E-state index contributed by atoms with van der Waals surface area (Å²) in [5.41, 5.74) is 8.84. The number of rotatable bonds is 3. The van der Waals surface area contributed by atoms with Crippen LogP contribution in [-0.2, 0) is 5.41 Å². The van der Waals surface area contributed by atoms with Crippen LogP contribution in [0.5, 0.6) is 0 Å². The number of nitrogen functional groups attached to an aromatic ring is 1. The van der Waals surface area contributed by atoms with Crippen LogP contribution in [0.25, 0.3) is 16.8 Å². The molecule has 0 fully saturated rings. The molecule has 3 aromatic heterocycles. The van der Waals surface area contributed by atoms with Crippen LogP contribution in [0.2, 0.25) is 0 Å². The van der Waals surface area contributed by atoms with Crippen molar-refractivity contribution in [3.63, 3.8) is 0 Å². The van der Waals surface area contributed by atoms with Gasteiger partial charge in [-0.1, -0.05) is 0 Å². The quantitative estimate of drug-likeness (QED) is 0.791. The molecule has 4 rings (SSSR count). The maximum absolute atomic E-state index is 13.1. The molecule has 1 atom stereocenters. The van der Waals surface area contributed by atoms with Gasteiger partial charge in [0, 0.05) is 23.9 Å². The van der Waals surface area contributed by atoms with Gasteiger partial charge in [-0.15, -0.1) is 5.10 Å². The van der Waals surface area contributed by atoms with Crippen LogP contribution in [0.15, 0.2) is 35.6 Å². The Hall–Kier alpha value is -2.90. The molecule has 0 saturated heterocycles. The molecule has 6 nitrogen and oxygen atoms in total. The first kappa shape index (κ1) is 15.6. The van der Waals surface area contributed by atoms with E-state index in [1.54, 1.807) is 30.8 Å². The number of alkyl halides is 2. The molecular weight excluding hydrogens is 326 g/mol. The highest BCUT2D eigenvalue weighted by Crippen LogP contribution is 2.43. The molecule has 25 heavy (non-hydrogen) atoms. The van der Waals surface area contributed by atoms with Crippen LogP contribution in [0.4, 0.5) is 20.4 Å². The lowest BCUT2D eigenvalue weighted by molar-refractivity contribution is 0.121. The summed E-state index contributed by atoms with van der Waals surface area (Å²) < 4.78 is 27.8. The summed E-state index contributed by atoms with van der Waals surface area (Å²) in [4.78, 5) is 13.1. The summed E-state index contributed by atoms with van der Waals surface area (Å²) in [7, 11) is 0. The normalized spacial score (nSPS) is 19.5. The molecule has 1 aliphatic rings. The van der Waals surface area contributed by atoms with E-state index in [0.29, 0.717) is 22.8 Å². The van der Waals surface area contributed by atoms with Gasteiger partial charge in [0.2, 0.25) is 12.4 Å². The smallest absolute Gasteiger partial charge is 0.239 e. The molecule has 0 aliphatic carbocycles. The molecule has 4 heterocycles. The third-order valence-electron chi connectivity index (χ3n) is 4.76. The van der Waals surface area contributed by atoms with E-state index in [4.69, 9.17) is 5.73 Å². The summed E-state index contributed by atoms with van der Waals surface area (Å²) in [5, 5.41) is 4.11. The minimum absolute atomic E-state index is 0.171. The third kappa shape index (κ3) is 2.36. The average molecular weight is 342 g/mol. The van der Waals surface area contributed by atoms with Crippen molar-refractivity contribution in [3.8, 4) is 11.3 Å². The number of fused-ring (bicyclic) bond motifs is 2. The van der Waals surface area contributed by atoms with E-state index in [1.165, 1.54) is 0 Å². The first-order valence-electron chi connectivity index (χ1n) is 7.84. The van der Waals surface area contributed by atoms with E-state index in [-0.39, 0.29) is 12.4 Å². The Morgan fingerprint density at radius 2 is 2.08 bits per heavy atom. The minimum Gasteiger partial charge on any atom is -0.367 e. The van der Waals surface area contributed by atoms with Crippen molar-refractivity contribution in [2.75, 3.05) is 5.73 Å². The predicted molar refractivity (Wildman–Crippen MR) is 91.4 cm³/mol. The Balaban J connectivity index is 1.85. The SMILES string of the molecule is CC1=Nc2ccc(-c3ccn4nc(N)ncc34)nc2C1(C)CC(F)F. The highest BCUT2D eigenvalue weighted by atomic mass is 19.3. The largest absolute Gasteiger partial charge is 0.367 e. The summed E-state index contributed by atoms with van der Waals surface area (Å²) in [6.07, 6.45) is 0.644. The molecule has 3 aromatic rings. The van der Waals surface area contributed by atoms with Crippen LogP contribution in [0, 0.1) is 0 Å². The molecule has 1 aliphatic heterocycles. The Morgan fingerprint density at radius 1 is 1.28 bits per heavy atom. The van der Waals surface area contributed by atoms with Crippen molar-refractivity contribution in [2.45, 2.75) is 32.1 Å². The standard InChI is InChI=1S/C17H16F2N6/c1-9-17(2,7-14(18)19)15-12(22-9)4-3-11(23-15)10-5-6-25-13(10)8-21-16(20)24-25/h3-6,8,14H,7H2,1-2H3,(H2,20,24). The van der Waals surface area contributed by atoms with Crippen LogP contribution in [-0.4, -0.2) is 31.7 Å². The Kier molecular flexibility index (Phi) is 3.31. The minimum atomic E-state index is -2.43. The fraction of sp³-hybridized carbons (Fsp3) is 0.294. The molecular formula is C17H16F2N6. The van der Waals surface area contributed by atoms with Crippen LogP contribution >= 0.6 is 0 Å². The predicted octanol–water partition coefficient (Wildman–Crippen LogP) is 3.39. The summed E-state index contributed by atoms with van der Waals surface area (Å²) in [6.45, 7) is 3.54. The van der Waals surface area contributed by atoms with E-state index in [9.17, 15) is 8.78 Å². The number of aromatic nitrogens is 4. The van der Waals surface area contributed by atoms with Crippen molar-refractivity contribution in [1.82, 2.24) is 19.6 Å². The molecule has 0 spiro atoms. The number of hydrogen-bond donors (Lipinski definition) is 1. The molecule has 8 heteroatoms. The van der Waals surface area contributed by atoms with Gasteiger partial charge in [0.25, 0.3) is 0 Å². The number of anilines is 1. The van der Waals surface area contributed by atoms with Gasteiger partial charge in [0.05, 0.1) is 34.2 Å². The highest BCUT2D eigenvalue weighted by Gasteiger charge is 2.41. The molecule has 0 amide bonds. The zero-order valence-corrected chi connectivity index (χ0v) is 13.7. The van der Waals surface area contributed by atoms with Crippen LogP contribution in [0.3, 0.4) is 0 Å². The molecule has 0 radical (unpaired) electrons. The third-order valence-corrected chi connectivity index (χ3v) is 4.76. The van der Waals surface area contributed by atoms with Gasteiger partial charge in [-0.2, -0.15) is 0 Å². The first-order chi connectivity index (χ1) is 11.9. The van der Waals surface area contributed by atoms with E-state index < -0.39 is 11.8 Å². The summed E-state index contributed by atoms with van der Waals surface area (Å²) in [5.74, 6) is 0.171. The van der Waals surface area contributed by atoms with Crippen molar-refractivity contribution >= 4 is 22.9 Å². The van der Waals surface area contributed by atoms with Gasteiger partial charge < -0.3 is 5.73 Å². The van der Waals surface area contributed by atoms with Gasteiger partial charge in [0.15, 0.2) is 0 Å². The number of halogens is 2. The second-order valence-corrected chi connectivity index (χ2v) is 6.36. The Labute approximate surface area is 142 Å². The lowest BCUT2D eigenvalue weighted by Gasteiger charge is -2.24. The number of hydrogen-bond acceptors (Lipinski definition) is 5. The first-order valence-corrected chi connectivity index (χ1v) is 7.84. The van der Waals surface area contributed by atoms with Crippen LogP contribution < -0.4 is 5.73 Å². The van der Waals surface area contributed by atoms with Crippen molar-refractivity contribution in [1.29, 1.82) is 0 Å². The van der Waals surface area contributed by atoms with E-state index in [0.717, 1.165) is 11.1 Å².